The first-order chi connectivity index (χ1) is 5.16. The second kappa shape index (κ2) is 6.17. The van der Waals surface area contributed by atoms with Crippen molar-refractivity contribution in [1.82, 2.24) is 0 Å². The number of allylic oxidation sites excluding steroid dienone is 3. The molecule has 0 saturated carbocycles. The zero-order chi connectivity index (χ0) is 8.69. The van der Waals surface area contributed by atoms with E-state index in [1.54, 1.807) is 13.0 Å². The topological polar surface area (TPSA) is 17.1 Å². The molecule has 0 aliphatic heterocycles. The highest BCUT2D eigenvalue weighted by molar-refractivity contribution is 6.29. The summed E-state index contributed by atoms with van der Waals surface area (Å²) < 4.78 is 0. The lowest BCUT2D eigenvalue weighted by Gasteiger charge is -1.94. The van der Waals surface area contributed by atoms with Gasteiger partial charge in [0, 0.05) is 11.5 Å². The van der Waals surface area contributed by atoms with Crippen LogP contribution < -0.4 is 0 Å². The van der Waals surface area contributed by atoms with Crippen molar-refractivity contribution in [2.75, 3.05) is 0 Å². The predicted octanol–water partition coefficient (Wildman–Crippen LogP) is 3.05. The van der Waals surface area contributed by atoms with Crippen molar-refractivity contribution < 1.29 is 4.79 Å². The SMILES string of the molecule is C=CC/C=C(\Cl)CCC(C)=O. The number of hydrogen-bond acceptors (Lipinski definition) is 1. The predicted molar refractivity (Wildman–Crippen MR) is 48.7 cm³/mol. The van der Waals surface area contributed by atoms with E-state index in [0.717, 1.165) is 11.5 Å². The van der Waals surface area contributed by atoms with Gasteiger partial charge < -0.3 is 4.79 Å². The Morgan fingerprint density at radius 1 is 1.55 bits per heavy atom. The highest BCUT2D eigenvalue weighted by atomic mass is 35.5. The normalized spacial score (nSPS) is 11.3. The summed E-state index contributed by atoms with van der Waals surface area (Å²) in [7, 11) is 0. The summed E-state index contributed by atoms with van der Waals surface area (Å²) in [5.41, 5.74) is 0. The van der Waals surface area contributed by atoms with Crippen LogP contribution in [0.2, 0.25) is 0 Å². The van der Waals surface area contributed by atoms with Crippen LogP contribution in [0.3, 0.4) is 0 Å². The van der Waals surface area contributed by atoms with E-state index in [-0.39, 0.29) is 5.78 Å². The van der Waals surface area contributed by atoms with Crippen molar-refractivity contribution in [1.29, 1.82) is 0 Å². The van der Waals surface area contributed by atoms with Crippen molar-refractivity contribution >= 4 is 17.4 Å². The summed E-state index contributed by atoms with van der Waals surface area (Å²) in [4.78, 5) is 10.5. The number of ketones is 1. The Morgan fingerprint density at radius 2 is 2.18 bits per heavy atom. The smallest absolute Gasteiger partial charge is 0.130 e. The molecule has 0 N–H and O–H groups in total. The third-order valence-electron chi connectivity index (χ3n) is 1.22. The second-order valence-corrected chi connectivity index (χ2v) is 2.86. The number of halogens is 1. The lowest BCUT2D eigenvalue weighted by atomic mass is 10.2. The molecule has 0 aliphatic carbocycles. The van der Waals surface area contributed by atoms with Crippen molar-refractivity contribution in [3.63, 3.8) is 0 Å². The molecule has 2 heteroatoms. The van der Waals surface area contributed by atoms with Gasteiger partial charge in [-0.1, -0.05) is 23.8 Å². The molecule has 0 radical (unpaired) electrons. The molecule has 11 heavy (non-hydrogen) atoms. The third-order valence-corrected chi connectivity index (χ3v) is 1.57. The molecule has 62 valence electrons. The lowest BCUT2D eigenvalue weighted by molar-refractivity contribution is -0.116. The average Bonchev–Trinajstić information content (AvgIpc) is 1.97. The van der Waals surface area contributed by atoms with E-state index in [2.05, 4.69) is 6.58 Å². The fraction of sp³-hybridized carbons (Fsp3) is 0.444. The molecule has 0 aromatic carbocycles. The molecule has 0 fully saturated rings. The molecule has 0 spiro atoms. The van der Waals surface area contributed by atoms with Crippen LogP contribution in [0.15, 0.2) is 23.8 Å². The van der Waals surface area contributed by atoms with E-state index in [0.29, 0.717) is 12.8 Å². The molecule has 0 amide bonds. The van der Waals surface area contributed by atoms with Gasteiger partial charge in [0.05, 0.1) is 0 Å². The Kier molecular flexibility index (Phi) is 5.86. The number of carbonyl (C=O) groups excluding carboxylic acids is 1. The summed E-state index contributed by atoms with van der Waals surface area (Å²) >= 11 is 5.76. The lowest BCUT2D eigenvalue weighted by Crippen LogP contribution is -1.88. The second-order valence-electron chi connectivity index (χ2n) is 2.38. The van der Waals surface area contributed by atoms with Crippen LogP contribution in [0.4, 0.5) is 0 Å². The van der Waals surface area contributed by atoms with Gasteiger partial charge >= 0.3 is 0 Å². The Labute approximate surface area is 72.7 Å². The molecule has 0 aromatic rings. The molecule has 0 bridgehead atoms. The maximum Gasteiger partial charge on any atom is 0.130 e. The highest BCUT2D eigenvalue weighted by Crippen LogP contribution is 2.11. The third kappa shape index (κ3) is 7.34. The first-order valence-electron chi connectivity index (χ1n) is 3.61. The van der Waals surface area contributed by atoms with Crippen molar-refractivity contribution in [2.24, 2.45) is 0 Å². The van der Waals surface area contributed by atoms with Crippen molar-refractivity contribution in [3.05, 3.63) is 23.8 Å². The van der Waals surface area contributed by atoms with Crippen LogP contribution in [0.1, 0.15) is 26.2 Å². The van der Waals surface area contributed by atoms with E-state index < -0.39 is 0 Å². The summed E-state index contributed by atoms with van der Waals surface area (Å²) in [6, 6.07) is 0. The van der Waals surface area contributed by atoms with Gasteiger partial charge in [-0.2, -0.15) is 0 Å². The molecule has 1 nitrogen and oxygen atoms in total. The minimum Gasteiger partial charge on any atom is -0.300 e. The largest absolute Gasteiger partial charge is 0.300 e. The first kappa shape index (κ1) is 10.4. The summed E-state index contributed by atoms with van der Waals surface area (Å²) in [6.45, 7) is 5.12. The van der Waals surface area contributed by atoms with Crippen LogP contribution in [0, 0.1) is 0 Å². The molecular formula is C9H13ClO. The number of hydrogen-bond donors (Lipinski definition) is 0. The maximum absolute atomic E-state index is 10.5. The molecule has 0 unspecified atom stereocenters. The van der Waals surface area contributed by atoms with Gasteiger partial charge in [-0.05, 0) is 19.8 Å². The van der Waals surface area contributed by atoms with E-state index in [1.165, 1.54) is 0 Å². The van der Waals surface area contributed by atoms with Gasteiger partial charge in [-0.15, -0.1) is 6.58 Å². The quantitative estimate of drug-likeness (QED) is 0.583. The number of Topliss-reactive ketones (excluding diaryl/α,β-unsaturated/α-hetero) is 1. The van der Waals surface area contributed by atoms with Crippen LogP contribution >= 0.6 is 11.6 Å². The van der Waals surface area contributed by atoms with Gasteiger partial charge in [0.25, 0.3) is 0 Å². The molecular weight excluding hydrogens is 160 g/mol. The summed E-state index contributed by atoms with van der Waals surface area (Å²) in [5, 5.41) is 0.750. The summed E-state index contributed by atoms with van der Waals surface area (Å²) in [5.74, 6) is 0.176. The van der Waals surface area contributed by atoms with Gasteiger partial charge in [-0.25, -0.2) is 0 Å². The van der Waals surface area contributed by atoms with Gasteiger partial charge in [0.15, 0.2) is 0 Å². The Balaban J connectivity index is 3.58. The number of rotatable bonds is 5. The molecule has 0 aliphatic rings. The van der Waals surface area contributed by atoms with Crippen LogP contribution in [0.5, 0.6) is 0 Å². The standard InChI is InChI=1S/C9H13ClO/c1-3-4-5-9(10)7-6-8(2)11/h3,5H,1,4,6-7H2,2H3/b9-5-. The minimum absolute atomic E-state index is 0.176. The maximum atomic E-state index is 10.5. The molecule has 0 saturated heterocycles. The van der Waals surface area contributed by atoms with Crippen LogP contribution in [-0.4, -0.2) is 5.78 Å². The number of carbonyl (C=O) groups is 1. The molecule has 0 rings (SSSR count). The van der Waals surface area contributed by atoms with E-state index in [4.69, 9.17) is 11.6 Å². The average molecular weight is 173 g/mol. The van der Waals surface area contributed by atoms with Gasteiger partial charge in [-0.3, -0.25) is 0 Å². The minimum atomic E-state index is 0.176. The van der Waals surface area contributed by atoms with E-state index in [9.17, 15) is 4.79 Å². The fourth-order valence-corrected chi connectivity index (χ4v) is 0.792. The summed E-state index contributed by atoms with van der Waals surface area (Å²) in [6.07, 6.45) is 5.61. The van der Waals surface area contributed by atoms with Crippen molar-refractivity contribution in [3.8, 4) is 0 Å². The zero-order valence-electron chi connectivity index (χ0n) is 6.77. The van der Waals surface area contributed by atoms with Crippen LogP contribution in [-0.2, 0) is 4.79 Å². The van der Waals surface area contributed by atoms with Gasteiger partial charge in [0.1, 0.15) is 5.78 Å². The first-order valence-corrected chi connectivity index (χ1v) is 3.99. The van der Waals surface area contributed by atoms with Gasteiger partial charge in [0.2, 0.25) is 0 Å². The fourth-order valence-electron chi connectivity index (χ4n) is 0.609. The highest BCUT2D eigenvalue weighted by Gasteiger charge is 1.95. The Morgan fingerprint density at radius 3 is 2.64 bits per heavy atom. The van der Waals surface area contributed by atoms with E-state index in [1.807, 2.05) is 6.08 Å². The monoisotopic (exact) mass is 172 g/mol. The van der Waals surface area contributed by atoms with E-state index >= 15 is 0 Å². The zero-order valence-corrected chi connectivity index (χ0v) is 7.53. The molecule has 0 aromatic heterocycles. The van der Waals surface area contributed by atoms with Crippen LogP contribution in [0.25, 0.3) is 0 Å². The van der Waals surface area contributed by atoms with Crippen molar-refractivity contribution in [2.45, 2.75) is 26.2 Å². The Hall–Kier alpha value is -0.560. The molecule has 0 heterocycles. The Bertz CT molecular complexity index is 170. The molecule has 0 atom stereocenters.